The lowest BCUT2D eigenvalue weighted by Crippen LogP contribution is -2.46. The largest absolute Gasteiger partial charge is 0.367 e. The van der Waals surface area contributed by atoms with Crippen molar-refractivity contribution in [1.82, 2.24) is 4.98 Å². The Labute approximate surface area is 146 Å². The van der Waals surface area contributed by atoms with Gasteiger partial charge in [0.05, 0.1) is 17.6 Å². The predicted molar refractivity (Wildman–Crippen MR) is 96.4 cm³/mol. The molecule has 1 aromatic carbocycles. The highest BCUT2D eigenvalue weighted by Gasteiger charge is 2.29. The van der Waals surface area contributed by atoms with Crippen LogP contribution in [0.2, 0.25) is 0 Å². The molecule has 0 radical (unpaired) electrons. The molecular formula is C19H21FN4O. The number of carbonyl (C=O) groups is 1. The summed E-state index contributed by atoms with van der Waals surface area (Å²) >= 11 is 0. The average Bonchev–Trinajstić information content (AvgIpc) is 3.48. The molecule has 1 amide bonds. The number of para-hydroxylation sites is 1. The summed E-state index contributed by atoms with van der Waals surface area (Å²) in [6.07, 6.45) is 3.76. The normalized spacial score (nSPS) is 17.5. The Morgan fingerprint density at radius 1 is 1.04 bits per heavy atom. The molecule has 2 fully saturated rings. The molecule has 2 aliphatic rings. The van der Waals surface area contributed by atoms with Crippen molar-refractivity contribution in [3.05, 3.63) is 48.4 Å². The van der Waals surface area contributed by atoms with Crippen LogP contribution in [0.4, 0.5) is 21.6 Å². The molecule has 0 unspecified atom stereocenters. The van der Waals surface area contributed by atoms with Crippen molar-refractivity contribution in [2.75, 3.05) is 41.3 Å². The van der Waals surface area contributed by atoms with Crippen LogP contribution in [0.5, 0.6) is 0 Å². The van der Waals surface area contributed by atoms with Crippen LogP contribution in [0.1, 0.15) is 12.8 Å². The van der Waals surface area contributed by atoms with E-state index in [4.69, 9.17) is 0 Å². The molecule has 130 valence electrons. The molecule has 25 heavy (non-hydrogen) atoms. The third-order valence-corrected chi connectivity index (χ3v) is 4.79. The number of benzene rings is 1. The molecule has 0 spiro atoms. The number of hydrogen-bond acceptors (Lipinski definition) is 4. The first-order chi connectivity index (χ1) is 12.2. The molecule has 2 heterocycles. The maximum absolute atomic E-state index is 13.9. The first-order valence-electron chi connectivity index (χ1n) is 8.72. The van der Waals surface area contributed by atoms with E-state index < -0.39 is 0 Å². The van der Waals surface area contributed by atoms with Crippen molar-refractivity contribution in [2.24, 2.45) is 5.92 Å². The van der Waals surface area contributed by atoms with E-state index in [0.717, 1.165) is 44.7 Å². The van der Waals surface area contributed by atoms with E-state index in [0.29, 0.717) is 11.5 Å². The Hall–Kier alpha value is -2.63. The van der Waals surface area contributed by atoms with Gasteiger partial charge in [0.1, 0.15) is 11.6 Å². The number of amides is 1. The van der Waals surface area contributed by atoms with Gasteiger partial charge in [-0.05, 0) is 37.1 Å². The molecule has 0 atom stereocenters. The second kappa shape index (κ2) is 6.70. The maximum atomic E-state index is 13.9. The number of nitrogens with one attached hydrogen (secondary N) is 1. The number of piperazine rings is 1. The molecule has 1 aliphatic carbocycles. The quantitative estimate of drug-likeness (QED) is 0.930. The van der Waals surface area contributed by atoms with Crippen LogP contribution in [-0.2, 0) is 4.79 Å². The number of rotatable bonds is 4. The summed E-state index contributed by atoms with van der Waals surface area (Å²) < 4.78 is 13.9. The number of carbonyl (C=O) groups excluding carboxylic acids is 1. The Morgan fingerprint density at radius 3 is 2.40 bits per heavy atom. The van der Waals surface area contributed by atoms with E-state index in [2.05, 4.69) is 20.1 Å². The Bertz CT molecular complexity index is 752. The van der Waals surface area contributed by atoms with Crippen molar-refractivity contribution in [3.8, 4) is 0 Å². The molecule has 1 saturated heterocycles. The minimum Gasteiger partial charge on any atom is -0.367 e. The van der Waals surface area contributed by atoms with Crippen LogP contribution < -0.4 is 15.1 Å². The number of hydrogen-bond donors (Lipinski definition) is 1. The summed E-state index contributed by atoms with van der Waals surface area (Å²) in [4.78, 5) is 20.4. The zero-order valence-corrected chi connectivity index (χ0v) is 14.0. The zero-order valence-electron chi connectivity index (χ0n) is 14.0. The van der Waals surface area contributed by atoms with Crippen LogP contribution in [0.25, 0.3) is 0 Å². The summed E-state index contributed by atoms with van der Waals surface area (Å²) in [6.45, 7) is 3.15. The van der Waals surface area contributed by atoms with Crippen LogP contribution in [0.15, 0.2) is 42.6 Å². The van der Waals surface area contributed by atoms with Gasteiger partial charge in [0.25, 0.3) is 0 Å². The molecule has 1 aromatic heterocycles. The van der Waals surface area contributed by atoms with Crippen molar-refractivity contribution in [2.45, 2.75) is 12.8 Å². The van der Waals surface area contributed by atoms with Gasteiger partial charge in [-0.15, -0.1) is 0 Å². The summed E-state index contributed by atoms with van der Waals surface area (Å²) in [5, 5.41) is 2.85. The van der Waals surface area contributed by atoms with Gasteiger partial charge in [-0.1, -0.05) is 12.1 Å². The summed E-state index contributed by atoms with van der Waals surface area (Å²) in [5.41, 5.74) is 1.69. The van der Waals surface area contributed by atoms with E-state index in [1.165, 1.54) is 6.07 Å². The summed E-state index contributed by atoms with van der Waals surface area (Å²) in [6, 6.07) is 10.7. The number of aromatic nitrogens is 1. The number of pyridine rings is 1. The Morgan fingerprint density at radius 2 is 1.76 bits per heavy atom. The van der Waals surface area contributed by atoms with Gasteiger partial charge >= 0.3 is 0 Å². The second-order valence-corrected chi connectivity index (χ2v) is 6.59. The first kappa shape index (κ1) is 15.9. The highest BCUT2D eigenvalue weighted by atomic mass is 19.1. The van der Waals surface area contributed by atoms with E-state index in [9.17, 15) is 9.18 Å². The lowest BCUT2D eigenvalue weighted by molar-refractivity contribution is -0.117. The minimum atomic E-state index is -0.173. The SMILES string of the molecule is O=C(Nc1ccc(N2CCN(c3ccccc3F)CC2)cn1)C1CC1. The van der Waals surface area contributed by atoms with E-state index in [1.807, 2.05) is 24.3 Å². The molecular weight excluding hydrogens is 319 g/mol. The summed E-state index contributed by atoms with van der Waals surface area (Å²) in [5.74, 6) is 0.672. The molecule has 1 saturated carbocycles. The molecule has 6 heteroatoms. The van der Waals surface area contributed by atoms with Crippen LogP contribution in [-0.4, -0.2) is 37.1 Å². The van der Waals surface area contributed by atoms with E-state index >= 15 is 0 Å². The van der Waals surface area contributed by atoms with Gasteiger partial charge in [-0.3, -0.25) is 4.79 Å². The molecule has 2 aromatic rings. The third kappa shape index (κ3) is 3.57. The highest BCUT2D eigenvalue weighted by molar-refractivity contribution is 5.93. The molecule has 5 nitrogen and oxygen atoms in total. The van der Waals surface area contributed by atoms with E-state index in [-0.39, 0.29) is 17.6 Å². The predicted octanol–water partition coefficient (Wildman–Crippen LogP) is 2.90. The molecule has 4 rings (SSSR count). The van der Waals surface area contributed by atoms with Gasteiger partial charge in [0.15, 0.2) is 0 Å². The lowest BCUT2D eigenvalue weighted by Gasteiger charge is -2.37. The highest BCUT2D eigenvalue weighted by Crippen LogP contribution is 2.30. The van der Waals surface area contributed by atoms with Gasteiger partial charge in [0.2, 0.25) is 5.91 Å². The van der Waals surface area contributed by atoms with Gasteiger partial charge in [0, 0.05) is 32.1 Å². The lowest BCUT2D eigenvalue weighted by atomic mass is 10.2. The molecule has 1 aliphatic heterocycles. The fourth-order valence-electron chi connectivity index (χ4n) is 3.13. The standard InChI is InChI=1S/C19H21FN4O/c20-16-3-1-2-4-17(16)24-11-9-23(10-12-24)15-7-8-18(21-13-15)22-19(25)14-5-6-14/h1-4,7-8,13-14H,5-6,9-12H2,(H,21,22,25). The molecule has 1 N–H and O–H groups in total. The van der Waals surface area contributed by atoms with Crippen molar-refractivity contribution in [3.63, 3.8) is 0 Å². The third-order valence-electron chi connectivity index (χ3n) is 4.79. The zero-order chi connectivity index (χ0) is 17.2. The summed E-state index contributed by atoms with van der Waals surface area (Å²) in [7, 11) is 0. The fraction of sp³-hybridized carbons (Fsp3) is 0.368. The maximum Gasteiger partial charge on any atom is 0.228 e. The van der Waals surface area contributed by atoms with Crippen LogP contribution in [0, 0.1) is 11.7 Å². The Kier molecular flexibility index (Phi) is 4.26. The smallest absolute Gasteiger partial charge is 0.228 e. The van der Waals surface area contributed by atoms with Gasteiger partial charge < -0.3 is 15.1 Å². The monoisotopic (exact) mass is 340 g/mol. The number of anilines is 3. The van der Waals surface area contributed by atoms with Crippen molar-refractivity contribution in [1.29, 1.82) is 0 Å². The van der Waals surface area contributed by atoms with Gasteiger partial charge in [-0.25, -0.2) is 9.37 Å². The van der Waals surface area contributed by atoms with Crippen LogP contribution in [0.3, 0.4) is 0 Å². The second-order valence-electron chi connectivity index (χ2n) is 6.59. The Balaban J connectivity index is 1.36. The van der Waals surface area contributed by atoms with Crippen LogP contribution >= 0.6 is 0 Å². The fourth-order valence-corrected chi connectivity index (χ4v) is 3.13. The van der Waals surface area contributed by atoms with Gasteiger partial charge in [-0.2, -0.15) is 0 Å². The number of halogens is 1. The van der Waals surface area contributed by atoms with Crippen molar-refractivity contribution >= 4 is 23.1 Å². The van der Waals surface area contributed by atoms with Crippen molar-refractivity contribution < 1.29 is 9.18 Å². The topological polar surface area (TPSA) is 48.5 Å². The first-order valence-corrected chi connectivity index (χ1v) is 8.72. The van der Waals surface area contributed by atoms with E-state index in [1.54, 1.807) is 12.3 Å². The average molecular weight is 340 g/mol. The minimum absolute atomic E-state index is 0.0683. The molecule has 0 bridgehead atoms. The number of nitrogens with zero attached hydrogens (tertiary/aromatic N) is 3.